The molecule has 0 aliphatic rings. The Morgan fingerprint density at radius 1 is 0.895 bits per heavy atom. The summed E-state index contributed by atoms with van der Waals surface area (Å²) in [5.41, 5.74) is 0.486. The smallest absolute Gasteiger partial charge is 0.117 e. The molecular weight excluding hydrogens is 236 g/mol. The van der Waals surface area contributed by atoms with Crippen LogP contribution in [-0.2, 0) is 5.60 Å². The maximum absolute atomic E-state index is 11.1. The van der Waals surface area contributed by atoms with Crippen molar-refractivity contribution in [3.05, 3.63) is 71.8 Å². The standard InChI is InChI=1S/C17H20O2/c1-2-16(18)13-17(19,14-9-5-3-6-10-14)15-11-7-4-8-12-15/h3-12,16,18-19H,2,13H2,1H3. The summed E-state index contributed by atoms with van der Waals surface area (Å²) in [4.78, 5) is 0. The fourth-order valence-corrected chi connectivity index (χ4v) is 2.32. The van der Waals surface area contributed by atoms with E-state index in [-0.39, 0.29) is 0 Å². The summed E-state index contributed by atoms with van der Waals surface area (Å²) < 4.78 is 0. The van der Waals surface area contributed by atoms with E-state index >= 15 is 0 Å². The van der Waals surface area contributed by atoms with Crippen LogP contribution in [0.5, 0.6) is 0 Å². The lowest BCUT2D eigenvalue weighted by Crippen LogP contribution is -2.32. The van der Waals surface area contributed by atoms with E-state index in [1.807, 2.05) is 67.6 Å². The first-order chi connectivity index (χ1) is 9.16. The summed E-state index contributed by atoms with van der Waals surface area (Å²) in [7, 11) is 0. The minimum Gasteiger partial charge on any atom is -0.393 e. The van der Waals surface area contributed by atoms with Gasteiger partial charge in [-0.05, 0) is 17.5 Å². The van der Waals surface area contributed by atoms with E-state index in [1.54, 1.807) is 0 Å². The van der Waals surface area contributed by atoms with Crippen molar-refractivity contribution >= 4 is 0 Å². The van der Waals surface area contributed by atoms with Crippen LogP contribution in [0.1, 0.15) is 30.9 Å². The van der Waals surface area contributed by atoms with Gasteiger partial charge in [-0.15, -0.1) is 0 Å². The average molecular weight is 256 g/mol. The van der Waals surface area contributed by atoms with E-state index in [2.05, 4.69) is 0 Å². The van der Waals surface area contributed by atoms with Crippen LogP contribution >= 0.6 is 0 Å². The molecule has 0 amide bonds. The maximum atomic E-state index is 11.1. The molecule has 0 aromatic heterocycles. The molecule has 0 fully saturated rings. The quantitative estimate of drug-likeness (QED) is 0.863. The first kappa shape index (κ1) is 13.8. The topological polar surface area (TPSA) is 40.5 Å². The van der Waals surface area contributed by atoms with E-state index in [0.717, 1.165) is 11.1 Å². The Hall–Kier alpha value is -1.64. The molecule has 2 aromatic carbocycles. The Balaban J connectivity index is 2.44. The highest BCUT2D eigenvalue weighted by Crippen LogP contribution is 2.34. The number of rotatable bonds is 5. The number of benzene rings is 2. The first-order valence-electron chi connectivity index (χ1n) is 6.68. The zero-order valence-electron chi connectivity index (χ0n) is 11.2. The third-order valence-electron chi connectivity index (χ3n) is 3.50. The first-order valence-corrected chi connectivity index (χ1v) is 6.68. The van der Waals surface area contributed by atoms with E-state index < -0.39 is 11.7 Å². The maximum Gasteiger partial charge on any atom is 0.117 e. The zero-order valence-corrected chi connectivity index (χ0v) is 11.2. The predicted molar refractivity (Wildman–Crippen MR) is 76.8 cm³/mol. The second-order valence-electron chi connectivity index (χ2n) is 4.86. The lowest BCUT2D eigenvalue weighted by atomic mass is 9.81. The molecule has 0 heterocycles. The molecule has 100 valence electrons. The minimum atomic E-state index is -1.14. The van der Waals surface area contributed by atoms with E-state index in [0.29, 0.717) is 12.8 Å². The molecule has 0 aliphatic carbocycles. The van der Waals surface area contributed by atoms with Crippen molar-refractivity contribution in [2.45, 2.75) is 31.5 Å². The minimum absolute atomic E-state index is 0.303. The molecule has 0 aliphatic heterocycles. The Bertz CT molecular complexity index is 454. The van der Waals surface area contributed by atoms with Crippen LogP contribution in [-0.4, -0.2) is 16.3 Å². The Kier molecular flexibility index (Phi) is 4.35. The van der Waals surface area contributed by atoms with Crippen molar-refractivity contribution in [1.29, 1.82) is 0 Å². The molecular formula is C17H20O2. The third-order valence-corrected chi connectivity index (χ3v) is 3.50. The molecule has 2 nitrogen and oxygen atoms in total. The van der Waals surface area contributed by atoms with E-state index in [9.17, 15) is 10.2 Å². The summed E-state index contributed by atoms with van der Waals surface area (Å²) in [5, 5.41) is 21.1. The van der Waals surface area contributed by atoms with Gasteiger partial charge in [0, 0.05) is 6.42 Å². The van der Waals surface area contributed by atoms with Crippen LogP contribution in [0.15, 0.2) is 60.7 Å². The van der Waals surface area contributed by atoms with Crippen LogP contribution < -0.4 is 0 Å². The van der Waals surface area contributed by atoms with Crippen LogP contribution in [0, 0.1) is 0 Å². The van der Waals surface area contributed by atoms with Gasteiger partial charge in [-0.1, -0.05) is 67.6 Å². The summed E-state index contributed by atoms with van der Waals surface area (Å²) in [6, 6.07) is 19.1. The highest BCUT2D eigenvalue weighted by Gasteiger charge is 2.33. The lowest BCUT2D eigenvalue weighted by Gasteiger charge is -2.31. The van der Waals surface area contributed by atoms with Crippen molar-refractivity contribution in [3.8, 4) is 0 Å². The Labute approximate surface area is 114 Å². The SMILES string of the molecule is CCC(O)CC(O)(c1ccccc1)c1ccccc1. The summed E-state index contributed by atoms with van der Waals surface area (Å²) >= 11 is 0. The molecule has 0 saturated carbocycles. The van der Waals surface area contributed by atoms with E-state index in [4.69, 9.17) is 0 Å². The summed E-state index contributed by atoms with van der Waals surface area (Å²) in [6.45, 7) is 1.92. The van der Waals surface area contributed by atoms with Gasteiger partial charge in [0.2, 0.25) is 0 Å². The molecule has 1 atom stereocenters. The van der Waals surface area contributed by atoms with Crippen molar-refractivity contribution in [2.24, 2.45) is 0 Å². The van der Waals surface area contributed by atoms with Gasteiger partial charge in [0.1, 0.15) is 5.60 Å². The second kappa shape index (κ2) is 6.00. The molecule has 2 rings (SSSR count). The lowest BCUT2D eigenvalue weighted by molar-refractivity contribution is 0.0164. The van der Waals surface area contributed by atoms with Gasteiger partial charge < -0.3 is 10.2 Å². The molecule has 2 N–H and O–H groups in total. The number of aliphatic hydroxyl groups excluding tert-OH is 1. The van der Waals surface area contributed by atoms with Crippen molar-refractivity contribution in [2.75, 3.05) is 0 Å². The van der Waals surface area contributed by atoms with Crippen molar-refractivity contribution in [3.63, 3.8) is 0 Å². The fraction of sp³-hybridized carbons (Fsp3) is 0.294. The molecule has 19 heavy (non-hydrogen) atoms. The molecule has 0 bridgehead atoms. The molecule has 2 heteroatoms. The molecule has 0 saturated heterocycles. The van der Waals surface area contributed by atoms with Gasteiger partial charge in [0.05, 0.1) is 6.10 Å². The second-order valence-corrected chi connectivity index (χ2v) is 4.86. The van der Waals surface area contributed by atoms with Crippen molar-refractivity contribution < 1.29 is 10.2 Å². The van der Waals surface area contributed by atoms with Gasteiger partial charge in [-0.3, -0.25) is 0 Å². The zero-order chi connectivity index (χ0) is 13.7. The van der Waals surface area contributed by atoms with Crippen LogP contribution in [0.25, 0.3) is 0 Å². The molecule has 1 unspecified atom stereocenters. The highest BCUT2D eigenvalue weighted by molar-refractivity contribution is 5.35. The largest absolute Gasteiger partial charge is 0.393 e. The highest BCUT2D eigenvalue weighted by atomic mass is 16.3. The molecule has 0 radical (unpaired) electrons. The van der Waals surface area contributed by atoms with Gasteiger partial charge in [0.25, 0.3) is 0 Å². The fourth-order valence-electron chi connectivity index (χ4n) is 2.32. The van der Waals surface area contributed by atoms with Gasteiger partial charge in [0.15, 0.2) is 0 Å². The predicted octanol–water partition coefficient (Wildman–Crippen LogP) is 3.08. The van der Waals surface area contributed by atoms with Crippen molar-refractivity contribution in [1.82, 2.24) is 0 Å². The van der Waals surface area contributed by atoms with Gasteiger partial charge in [-0.25, -0.2) is 0 Å². The molecule has 2 aromatic rings. The monoisotopic (exact) mass is 256 g/mol. The number of hydrogen-bond acceptors (Lipinski definition) is 2. The van der Waals surface area contributed by atoms with Gasteiger partial charge >= 0.3 is 0 Å². The van der Waals surface area contributed by atoms with E-state index in [1.165, 1.54) is 0 Å². The van der Waals surface area contributed by atoms with Crippen LogP contribution in [0.3, 0.4) is 0 Å². The van der Waals surface area contributed by atoms with Crippen LogP contribution in [0.4, 0.5) is 0 Å². The third kappa shape index (κ3) is 3.03. The number of hydrogen-bond donors (Lipinski definition) is 2. The summed E-state index contributed by atoms with van der Waals surface area (Å²) in [5.74, 6) is 0. The number of aliphatic hydroxyl groups is 2. The summed E-state index contributed by atoms with van der Waals surface area (Å²) in [6.07, 6.45) is 0.407. The normalized spacial score (nSPS) is 13.2. The Morgan fingerprint density at radius 2 is 1.32 bits per heavy atom. The Morgan fingerprint density at radius 3 is 1.68 bits per heavy atom. The molecule has 0 spiro atoms. The average Bonchev–Trinajstić information content (AvgIpc) is 2.48. The van der Waals surface area contributed by atoms with Crippen LogP contribution in [0.2, 0.25) is 0 Å². The van der Waals surface area contributed by atoms with Gasteiger partial charge in [-0.2, -0.15) is 0 Å².